The van der Waals surface area contributed by atoms with Crippen LogP contribution in [0.4, 0.5) is 0 Å². The molecule has 4 saturated carbocycles. The van der Waals surface area contributed by atoms with Crippen LogP contribution in [0.5, 0.6) is 0 Å². The van der Waals surface area contributed by atoms with Crippen molar-refractivity contribution in [1.82, 2.24) is 0 Å². The van der Waals surface area contributed by atoms with Crippen molar-refractivity contribution in [2.45, 2.75) is 85.1 Å². The summed E-state index contributed by atoms with van der Waals surface area (Å²) in [5.41, 5.74) is 8.52. The lowest BCUT2D eigenvalue weighted by Gasteiger charge is -2.67. The lowest BCUT2D eigenvalue weighted by atomic mass is 9.38. The van der Waals surface area contributed by atoms with Crippen LogP contribution < -0.4 is 5.73 Å². The Morgan fingerprint density at radius 1 is 1.05 bits per heavy atom. The molecule has 0 amide bonds. The van der Waals surface area contributed by atoms with Crippen LogP contribution >= 0.6 is 0 Å². The summed E-state index contributed by atoms with van der Waals surface area (Å²) in [4.78, 5) is 0. The molecule has 4 atom stereocenters. The molecule has 110 valence electrons. The van der Waals surface area contributed by atoms with Gasteiger partial charge in [0.15, 0.2) is 0 Å². The van der Waals surface area contributed by atoms with Crippen molar-refractivity contribution in [3.8, 4) is 0 Å². The van der Waals surface area contributed by atoms with E-state index in [0.717, 1.165) is 5.92 Å². The molecule has 0 aromatic heterocycles. The molecule has 0 radical (unpaired) electrons. The lowest BCUT2D eigenvalue weighted by molar-refractivity contribution is -0.159. The van der Waals surface area contributed by atoms with Gasteiger partial charge in [0.05, 0.1) is 0 Å². The Morgan fingerprint density at radius 3 is 2.11 bits per heavy atom. The topological polar surface area (TPSA) is 26.0 Å². The quantitative estimate of drug-likeness (QED) is 0.778. The monoisotopic (exact) mass is 263 g/mol. The van der Waals surface area contributed by atoms with Crippen LogP contribution in [-0.4, -0.2) is 6.04 Å². The smallest absolute Gasteiger partial charge is 0.0122 e. The Morgan fingerprint density at radius 2 is 1.63 bits per heavy atom. The largest absolute Gasteiger partial charge is 0.327 e. The molecule has 1 nitrogen and oxygen atoms in total. The van der Waals surface area contributed by atoms with E-state index < -0.39 is 0 Å². The summed E-state index contributed by atoms with van der Waals surface area (Å²) in [6, 6.07) is 0.439. The fourth-order valence-corrected chi connectivity index (χ4v) is 7.15. The summed E-state index contributed by atoms with van der Waals surface area (Å²) < 4.78 is 0. The van der Waals surface area contributed by atoms with Gasteiger partial charge in [-0.1, -0.05) is 34.1 Å². The second-order valence-corrected chi connectivity index (χ2v) is 9.28. The van der Waals surface area contributed by atoms with Crippen molar-refractivity contribution < 1.29 is 0 Å². The molecule has 4 rings (SSSR count). The van der Waals surface area contributed by atoms with Gasteiger partial charge in [-0.2, -0.15) is 0 Å². The summed E-state index contributed by atoms with van der Waals surface area (Å²) in [5.74, 6) is 1.68. The highest BCUT2D eigenvalue weighted by molar-refractivity contribution is 5.13. The summed E-state index contributed by atoms with van der Waals surface area (Å²) in [6.07, 6.45) is 11.3. The van der Waals surface area contributed by atoms with Crippen molar-refractivity contribution in [3.05, 3.63) is 0 Å². The standard InChI is InChI=1S/C18H33N/c1-5-6-13(2)15(19)18-9-14-7-16(3,11-18)10-17(4,8-14)12-18/h13-15H,5-12,19H2,1-4H3. The van der Waals surface area contributed by atoms with E-state index in [-0.39, 0.29) is 0 Å². The minimum absolute atomic E-state index is 0.439. The van der Waals surface area contributed by atoms with E-state index in [1.807, 2.05) is 0 Å². The predicted molar refractivity (Wildman–Crippen MR) is 81.9 cm³/mol. The predicted octanol–water partition coefficient (Wildman–Crippen LogP) is 4.75. The van der Waals surface area contributed by atoms with Crippen LogP contribution in [-0.2, 0) is 0 Å². The van der Waals surface area contributed by atoms with Crippen molar-refractivity contribution in [2.75, 3.05) is 0 Å². The van der Waals surface area contributed by atoms with Crippen molar-refractivity contribution in [2.24, 2.45) is 33.8 Å². The average Bonchev–Trinajstić information content (AvgIpc) is 2.23. The molecule has 19 heavy (non-hydrogen) atoms. The van der Waals surface area contributed by atoms with Crippen LogP contribution in [0.2, 0.25) is 0 Å². The van der Waals surface area contributed by atoms with Crippen molar-refractivity contribution in [1.29, 1.82) is 0 Å². The summed E-state index contributed by atoms with van der Waals surface area (Å²) in [7, 11) is 0. The normalized spacial score (nSPS) is 51.3. The van der Waals surface area contributed by atoms with Gasteiger partial charge in [-0.15, -0.1) is 0 Å². The van der Waals surface area contributed by atoms with E-state index >= 15 is 0 Å². The van der Waals surface area contributed by atoms with Crippen molar-refractivity contribution >= 4 is 0 Å². The number of rotatable bonds is 4. The van der Waals surface area contributed by atoms with Crippen LogP contribution in [0, 0.1) is 28.1 Å². The van der Waals surface area contributed by atoms with Gasteiger partial charge in [-0.25, -0.2) is 0 Å². The molecular weight excluding hydrogens is 230 g/mol. The van der Waals surface area contributed by atoms with E-state index in [1.54, 1.807) is 0 Å². The highest BCUT2D eigenvalue weighted by Gasteiger charge is 2.61. The SMILES string of the molecule is CCCC(C)C(N)C12CC3CC(C)(CC(C)(C3)C1)C2. The molecule has 4 unspecified atom stereocenters. The number of hydrogen-bond acceptors (Lipinski definition) is 1. The first-order valence-corrected chi connectivity index (χ1v) is 8.55. The molecule has 0 spiro atoms. The third-order valence-corrected chi connectivity index (χ3v) is 6.73. The minimum Gasteiger partial charge on any atom is -0.327 e. The first-order chi connectivity index (χ1) is 8.80. The Labute approximate surface area is 119 Å². The second-order valence-electron chi connectivity index (χ2n) is 9.28. The van der Waals surface area contributed by atoms with Crippen LogP contribution in [0.15, 0.2) is 0 Å². The van der Waals surface area contributed by atoms with Gasteiger partial charge in [-0.05, 0) is 73.0 Å². The van der Waals surface area contributed by atoms with Crippen LogP contribution in [0.25, 0.3) is 0 Å². The molecule has 0 aromatic rings. The molecule has 0 aromatic carbocycles. The lowest BCUT2D eigenvalue weighted by Crippen LogP contribution is -2.61. The Balaban J connectivity index is 1.88. The molecule has 4 aliphatic carbocycles. The van der Waals surface area contributed by atoms with Gasteiger partial charge in [0.25, 0.3) is 0 Å². The third-order valence-electron chi connectivity index (χ3n) is 6.73. The van der Waals surface area contributed by atoms with Crippen LogP contribution in [0.3, 0.4) is 0 Å². The van der Waals surface area contributed by atoms with Crippen LogP contribution in [0.1, 0.15) is 79.1 Å². The highest BCUT2D eigenvalue weighted by atomic mass is 14.8. The molecule has 0 aliphatic heterocycles. The first kappa shape index (κ1) is 13.9. The summed E-state index contributed by atoms with van der Waals surface area (Å²) in [5, 5.41) is 0. The maximum atomic E-state index is 6.82. The first-order valence-electron chi connectivity index (χ1n) is 8.55. The van der Waals surface area contributed by atoms with E-state index in [2.05, 4.69) is 27.7 Å². The highest BCUT2D eigenvalue weighted by Crippen LogP contribution is 2.70. The zero-order chi connectivity index (χ0) is 13.9. The molecule has 1 heteroatoms. The van der Waals surface area contributed by atoms with Gasteiger partial charge in [-0.3, -0.25) is 0 Å². The van der Waals surface area contributed by atoms with Gasteiger partial charge in [0, 0.05) is 6.04 Å². The van der Waals surface area contributed by atoms with E-state index in [0.29, 0.717) is 28.2 Å². The minimum atomic E-state index is 0.439. The average molecular weight is 263 g/mol. The fourth-order valence-electron chi connectivity index (χ4n) is 7.15. The zero-order valence-electron chi connectivity index (χ0n) is 13.5. The third kappa shape index (κ3) is 2.17. The maximum Gasteiger partial charge on any atom is 0.0122 e. The molecule has 4 aliphatic rings. The molecule has 4 bridgehead atoms. The Kier molecular flexibility index (Phi) is 3.10. The summed E-state index contributed by atoms with van der Waals surface area (Å²) in [6.45, 7) is 9.81. The fraction of sp³-hybridized carbons (Fsp3) is 1.00. The second kappa shape index (κ2) is 4.23. The number of nitrogens with two attached hydrogens (primary N) is 1. The van der Waals surface area contributed by atoms with E-state index in [4.69, 9.17) is 5.73 Å². The maximum absolute atomic E-state index is 6.82. The Hall–Kier alpha value is -0.0400. The summed E-state index contributed by atoms with van der Waals surface area (Å²) >= 11 is 0. The number of hydrogen-bond donors (Lipinski definition) is 1. The molecule has 0 saturated heterocycles. The molecular formula is C18H33N. The Bertz CT molecular complexity index is 343. The van der Waals surface area contributed by atoms with Gasteiger partial charge in [0.2, 0.25) is 0 Å². The molecule has 0 heterocycles. The van der Waals surface area contributed by atoms with Gasteiger partial charge < -0.3 is 5.73 Å². The zero-order valence-corrected chi connectivity index (χ0v) is 13.5. The van der Waals surface area contributed by atoms with Crippen molar-refractivity contribution in [3.63, 3.8) is 0 Å². The molecule has 4 fully saturated rings. The van der Waals surface area contributed by atoms with E-state index in [9.17, 15) is 0 Å². The van der Waals surface area contributed by atoms with E-state index in [1.165, 1.54) is 51.4 Å². The molecule has 2 N–H and O–H groups in total. The van der Waals surface area contributed by atoms with Gasteiger partial charge in [0.1, 0.15) is 0 Å². The van der Waals surface area contributed by atoms with Gasteiger partial charge >= 0.3 is 0 Å².